The Hall–Kier alpha value is -1.18. The summed E-state index contributed by atoms with van der Waals surface area (Å²) in [6.07, 6.45) is 0. The lowest BCUT2D eigenvalue weighted by atomic mass is 9.77. The zero-order valence-corrected chi connectivity index (χ0v) is 14.0. The van der Waals surface area contributed by atoms with Crippen molar-refractivity contribution in [1.29, 1.82) is 0 Å². The molecule has 2 heterocycles. The van der Waals surface area contributed by atoms with Crippen LogP contribution in [0.15, 0.2) is 12.1 Å². The van der Waals surface area contributed by atoms with Crippen molar-refractivity contribution < 1.29 is 22.8 Å². The van der Waals surface area contributed by atoms with Crippen molar-refractivity contribution in [2.45, 2.75) is 38.9 Å². The largest absolute Gasteiger partial charge is 0.500 e. The molecule has 0 amide bonds. The fourth-order valence-electron chi connectivity index (χ4n) is 2.78. The van der Waals surface area contributed by atoms with Gasteiger partial charge in [0, 0.05) is 13.1 Å². The van der Waals surface area contributed by atoms with Crippen molar-refractivity contribution in [3.8, 4) is 0 Å². The standard InChI is InChI=1S/C16H22BF2NO3/c1-15(2)16(3,4)23-17(22-15)13-11(18)5-6-12(14(13)19)20-7-9-21-10-8-20/h5-6H,7-10H2,1-4H3. The van der Waals surface area contributed by atoms with E-state index in [1.807, 2.05) is 32.6 Å². The molecule has 3 rings (SSSR count). The summed E-state index contributed by atoms with van der Waals surface area (Å²) in [6, 6.07) is 2.74. The molecule has 0 bridgehead atoms. The second kappa shape index (κ2) is 5.72. The molecule has 0 saturated carbocycles. The number of anilines is 1. The highest BCUT2D eigenvalue weighted by atomic mass is 19.1. The molecule has 2 saturated heterocycles. The number of hydrogen-bond donors (Lipinski definition) is 0. The molecule has 0 spiro atoms. The van der Waals surface area contributed by atoms with E-state index in [1.54, 1.807) is 0 Å². The Morgan fingerprint density at radius 2 is 1.57 bits per heavy atom. The minimum Gasteiger partial charge on any atom is -0.399 e. The molecule has 0 atom stereocenters. The van der Waals surface area contributed by atoms with Crippen LogP contribution >= 0.6 is 0 Å². The van der Waals surface area contributed by atoms with Crippen molar-refractivity contribution in [3.63, 3.8) is 0 Å². The van der Waals surface area contributed by atoms with Crippen molar-refractivity contribution in [2.75, 3.05) is 31.2 Å². The summed E-state index contributed by atoms with van der Waals surface area (Å²) in [6.45, 7) is 9.63. The van der Waals surface area contributed by atoms with Crippen LogP contribution in [0, 0.1) is 11.6 Å². The van der Waals surface area contributed by atoms with E-state index in [4.69, 9.17) is 14.0 Å². The number of ether oxygens (including phenoxy) is 1. The van der Waals surface area contributed by atoms with E-state index in [2.05, 4.69) is 0 Å². The van der Waals surface area contributed by atoms with Crippen LogP contribution in [-0.2, 0) is 14.0 Å². The lowest BCUT2D eigenvalue weighted by Gasteiger charge is -2.32. The van der Waals surface area contributed by atoms with Gasteiger partial charge in [0.2, 0.25) is 0 Å². The molecular formula is C16H22BF2NO3. The maximum absolute atomic E-state index is 15.0. The van der Waals surface area contributed by atoms with Crippen molar-refractivity contribution in [2.24, 2.45) is 0 Å². The molecule has 0 aromatic heterocycles. The number of hydrogen-bond acceptors (Lipinski definition) is 4. The molecule has 2 aliphatic heterocycles. The first-order valence-corrected chi connectivity index (χ1v) is 7.89. The van der Waals surface area contributed by atoms with Gasteiger partial charge in [0.15, 0.2) is 0 Å². The molecule has 23 heavy (non-hydrogen) atoms. The van der Waals surface area contributed by atoms with Crippen LogP contribution in [0.3, 0.4) is 0 Å². The van der Waals surface area contributed by atoms with Crippen LogP contribution in [0.5, 0.6) is 0 Å². The molecule has 0 N–H and O–H groups in total. The van der Waals surface area contributed by atoms with Gasteiger partial charge in [-0.3, -0.25) is 0 Å². The highest BCUT2D eigenvalue weighted by molar-refractivity contribution is 6.62. The van der Waals surface area contributed by atoms with Gasteiger partial charge in [0.1, 0.15) is 11.6 Å². The topological polar surface area (TPSA) is 30.9 Å². The van der Waals surface area contributed by atoms with Crippen LogP contribution < -0.4 is 10.4 Å². The molecule has 1 aromatic carbocycles. The average molecular weight is 325 g/mol. The third kappa shape index (κ3) is 2.86. The summed E-state index contributed by atoms with van der Waals surface area (Å²) in [5, 5.41) is 0. The van der Waals surface area contributed by atoms with E-state index in [1.165, 1.54) is 12.1 Å². The Morgan fingerprint density at radius 3 is 2.13 bits per heavy atom. The molecule has 1 aromatic rings. The quantitative estimate of drug-likeness (QED) is 0.780. The lowest BCUT2D eigenvalue weighted by molar-refractivity contribution is 0.00578. The van der Waals surface area contributed by atoms with Gasteiger partial charge in [-0.05, 0) is 39.8 Å². The van der Waals surface area contributed by atoms with Crippen LogP contribution in [0.2, 0.25) is 0 Å². The average Bonchev–Trinajstić information content (AvgIpc) is 2.68. The SMILES string of the molecule is CC1(C)OB(c2c(F)ccc(N3CCOCC3)c2F)OC1(C)C. The first-order valence-electron chi connectivity index (χ1n) is 7.89. The Kier molecular flexibility index (Phi) is 4.15. The monoisotopic (exact) mass is 325 g/mol. The number of benzene rings is 1. The minimum absolute atomic E-state index is 0.160. The highest BCUT2D eigenvalue weighted by Gasteiger charge is 2.53. The molecule has 4 nitrogen and oxygen atoms in total. The minimum atomic E-state index is -1.05. The second-order valence-electron chi connectivity index (χ2n) is 6.98. The Morgan fingerprint density at radius 1 is 1.00 bits per heavy atom. The Labute approximate surface area is 135 Å². The van der Waals surface area contributed by atoms with E-state index in [0.717, 1.165) is 0 Å². The first kappa shape index (κ1) is 16.7. The molecule has 7 heteroatoms. The van der Waals surface area contributed by atoms with Crippen LogP contribution in [-0.4, -0.2) is 44.6 Å². The molecule has 2 fully saturated rings. The van der Waals surface area contributed by atoms with Crippen LogP contribution in [0.4, 0.5) is 14.5 Å². The maximum atomic E-state index is 15.0. The summed E-state index contributed by atoms with van der Waals surface area (Å²) in [4.78, 5) is 1.85. The Bertz CT molecular complexity index is 587. The number of halogens is 2. The fourth-order valence-corrected chi connectivity index (χ4v) is 2.78. The number of rotatable bonds is 2. The first-order chi connectivity index (χ1) is 10.7. The molecule has 0 aliphatic carbocycles. The fraction of sp³-hybridized carbons (Fsp3) is 0.625. The molecular weight excluding hydrogens is 303 g/mol. The van der Waals surface area contributed by atoms with Crippen LogP contribution in [0.25, 0.3) is 0 Å². The summed E-state index contributed by atoms with van der Waals surface area (Å²) in [7, 11) is -1.05. The third-order valence-corrected chi connectivity index (χ3v) is 4.95. The lowest BCUT2D eigenvalue weighted by Crippen LogP contribution is -2.42. The van der Waals surface area contributed by atoms with Gasteiger partial charge in [-0.2, -0.15) is 0 Å². The zero-order valence-electron chi connectivity index (χ0n) is 14.0. The van der Waals surface area contributed by atoms with Gasteiger partial charge < -0.3 is 18.9 Å². The summed E-state index contributed by atoms with van der Waals surface area (Å²) < 4.78 is 46.2. The van der Waals surface area contributed by atoms with Gasteiger partial charge in [-0.15, -0.1) is 0 Å². The number of nitrogens with zero attached hydrogens (tertiary/aromatic N) is 1. The molecule has 0 radical (unpaired) electrons. The van der Waals surface area contributed by atoms with Crippen molar-refractivity contribution in [3.05, 3.63) is 23.8 Å². The predicted molar refractivity (Wildman–Crippen MR) is 85.1 cm³/mol. The zero-order chi connectivity index (χ0) is 16.8. The smallest absolute Gasteiger partial charge is 0.399 e. The predicted octanol–water partition coefficient (Wildman–Crippen LogP) is 2.10. The Balaban J connectivity index is 1.96. The third-order valence-electron chi connectivity index (χ3n) is 4.95. The van der Waals surface area contributed by atoms with Crippen molar-refractivity contribution >= 4 is 18.3 Å². The van der Waals surface area contributed by atoms with Gasteiger partial charge in [0.25, 0.3) is 0 Å². The summed E-state index contributed by atoms with van der Waals surface area (Å²) in [5.41, 5.74) is -1.09. The van der Waals surface area contributed by atoms with Gasteiger partial charge in [-0.25, -0.2) is 8.78 Å². The summed E-state index contributed by atoms with van der Waals surface area (Å²) >= 11 is 0. The van der Waals surface area contributed by atoms with E-state index in [9.17, 15) is 8.78 Å². The van der Waals surface area contributed by atoms with Gasteiger partial charge >= 0.3 is 7.12 Å². The van der Waals surface area contributed by atoms with Gasteiger partial charge in [-0.1, -0.05) is 0 Å². The molecule has 0 unspecified atom stereocenters. The van der Waals surface area contributed by atoms with E-state index >= 15 is 0 Å². The van der Waals surface area contributed by atoms with Crippen molar-refractivity contribution in [1.82, 2.24) is 0 Å². The summed E-state index contributed by atoms with van der Waals surface area (Å²) in [5.74, 6) is -1.27. The maximum Gasteiger partial charge on any atom is 0.500 e. The van der Waals surface area contributed by atoms with E-state index < -0.39 is 30.0 Å². The van der Waals surface area contributed by atoms with Gasteiger partial charge in [0.05, 0.1) is 35.6 Å². The van der Waals surface area contributed by atoms with E-state index in [0.29, 0.717) is 32.0 Å². The number of morpholine rings is 1. The van der Waals surface area contributed by atoms with Crippen LogP contribution in [0.1, 0.15) is 27.7 Å². The highest BCUT2D eigenvalue weighted by Crippen LogP contribution is 2.37. The molecule has 126 valence electrons. The second-order valence-corrected chi connectivity index (χ2v) is 6.98. The molecule has 2 aliphatic rings. The van der Waals surface area contributed by atoms with E-state index in [-0.39, 0.29) is 5.46 Å². The normalized spacial score (nSPS) is 23.4.